The summed E-state index contributed by atoms with van der Waals surface area (Å²) in [7, 11) is 0. The summed E-state index contributed by atoms with van der Waals surface area (Å²) in [6, 6.07) is 7.73. The van der Waals surface area contributed by atoms with Gasteiger partial charge in [-0.05, 0) is 37.3 Å². The van der Waals surface area contributed by atoms with Gasteiger partial charge in [0.25, 0.3) is 0 Å². The summed E-state index contributed by atoms with van der Waals surface area (Å²) in [5, 5.41) is 0. The summed E-state index contributed by atoms with van der Waals surface area (Å²) in [5.74, 6) is 0.186. The molecule has 0 aromatic heterocycles. The lowest BCUT2D eigenvalue weighted by atomic mass is 9.94. The number of benzene rings is 1. The molecule has 2 unspecified atom stereocenters. The third-order valence-corrected chi connectivity index (χ3v) is 3.21. The van der Waals surface area contributed by atoms with E-state index in [1.807, 2.05) is 38.1 Å². The number of ether oxygens (including phenoxy) is 1. The summed E-state index contributed by atoms with van der Waals surface area (Å²) in [6.07, 6.45) is 1.85. The lowest BCUT2D eigenvalue weighted by Crippen LogP contribution is -2.16. The van der Waals surface area contributed by atoms with Gasteiger partial charge in [0, 0.05) is 0 Å². The quantitative estimate of drug-likeness (QED) is 0.715. The first-order valence-corrected chi connectivity index (χ1v) is 6.40. The summed E-state index contributed by atoms with van der Waals surface area (Å²) < 4.78 is 5.38. The molecule has 0 fully saturated rings. The zero-order chi connectivity index (χ0) is 12.8. The second-order valence-corrected chi connectivity index (χ2v) is 4.52. The van der Waals surface area contributed by atoms with Crippen molar-refractivity contribution in [2.24, 2.45) is 0 Å². The first-order chi connectivity index (χ1) is 8.10. The molecule has 17 heavy (non-hydrogen) atoms. The second kappa shape index (κ2) is 6.43. The number of rotatable bonds is 5. The first kappa shape index (κ1) is 13.8. The maximum atomic E-state index is 12.0. The fourth-order valence-corrected chi connectivity index (χ4v) is 1.66. The minimum absolute atomic E-state index is 0.0208. The van der Waals surface area contributed by atoms with Crippen LogP contribution in [0.2, 0.25) is 0 Å². The van der Waals surface area contributed by atoms with Gasteiger partial charge in [0.05, 0.1) is 11.7 Å². The molecule has 2 heteroatoms. The van der Waals surface area contributed by atoms with Crippen LogP contribution < -0.4 is 0 Å². The topological polar surface area (TPSA) is 26.3 Å². The van der Waals surface area contributed by atoms with E-state index >= 15 is 0 Å². The van der Waals surface area contributed by atoms with E-state index < -0.39 is 0 Å². The Morgan fingerprint density at radius 3 is 2.41 bits per heavy atom. The molecule has 0 radical (unpaired) electrons. The van der Waals surface area contributed by atoms with Crippen molar-refractivity contribution in [2.45, 2.75) is 52.6 Å². The van der Waals surface area contributed by atoms with E-state index in [0.29, 0.717) is 11.5 Å². The van der Waals surface area contributed by atoms with Crippen molar-refractivity contribution in [3.63, 3.8) is 0 Å². The predicted molar refractivity (Wildman–Crippen MR) is 70.3 cm³/mol. The van der Waals surface area contributed by atoms with Crippen molar-refractivity contribution >= 4 is 5.97 Å². The molecule has 2 nitrogen and oxygen atoms in total. The molecule has 0 N–H and O–H groups in total. The van der Waals surface area contributed by atoms with Gasteiger partial charge in [-0.25, -0.2) is 4.79 Å². The fourth-order valence-electron chi connectivity index (χ4n) is 1.66. The standard InChI is InChI=1S/C15H22O2/c1-5-11(3)13-9-7-8-10-14(13)15(16)17-12(4)6-2/h7-12H,5-6H2,1-4H3. The Kier molecular flexibility index (Phi) is 5.20. The van der Waals surface area contributed by atoms with Crippen LogP contribution in [-0.2, 0) is 4.74 Å². The minimum Gasteiger partial charge on any atom is -0.459 e. The Balaban J connectivity index is 2.93. The number of hydrogen-bond donors (Lipinski definition) is 0. The Hall–Kier alpha value is -1.31. The highest BCUT2D eigenvalue weighted by atomic mass is 16.5. The molecule has 0 amide bonds. The number of carbonyl (C=O) groups excluding carboxylic acids is 1. The van der Waals surface area contributed by atoms with Gasteiger partial charge in [-0.15, -0.1) is 0 Å². The zero-order valence-electron chi connectivity index (χ0n) is 11.2. The number of carbonyl (C=O) groups is 1. The van der Waals surface area contributed by atoms with E-state index in [1.165, 1.54) is 0 Å². The molecular weight excluding hydrogens is 212 g/mol. The number of esters is 1. The van der Waals surface area contributed by atoms with E-state index in [-0.39, 0.29) is 12.1 Å². The Bertz CT molecular complexity index is 371. The van der Waals surface area contributed by atoms with Gasteiger partial charge in [0.1, 0.15) is 0 Å². The van der Waals surface area contributed by atoms with E-state index in [1.54, 1.807) is 0 Å². The van der Waals surface area contributed by atoms with Gasteiger partial charge in [0.15, 0.2) is 0 Å². The molecule has 0 aliphatic rings. The smallest absolute Gasteiger partial charge is 0.338 e. The minimum atomic E-state index is -0.199. The molecule has 0 aliphatic heterocycles. The van der Waals surface area contributed by atoms with Crippen LogP contribution in [0.3, 0.4) is 0 Å². The van der Waals surface area contributed by atoms with Crippen LogP contribution in [0.15, 0.2) is 24.3 Å². The van der Waals surface area contributed by atoms with Gasteiger partial charge >= 0.3 is 5.97 Å². The third kappa shape index (κ3) is 3.58. The predicted octanol–water partition coefficient (Wildman–Crippen LogP) is 4.16. The summed E-state index contributed by atoms with van der Waals surface area (Å²) in [4.78, 5) is 12.0. The molecule has 0 bridgehead atoms. The molecule has 0 saturated heterocycles. The van der Waals surface area contributed by atoms with Crippen molar-refractivity contribution in [1.82, 2.24) is 0 Å². The second-order valence-electron chi connectivity index (χ2n) is 4.52. The molecule has 1 aromatic rings. The third-order valence-electron chi connectivity index (χ3n) is 3.21. The lowest BCUT2D eigenvalue weighted by Gasteiger charge is -2.16. The lowest BCUT2D eigenvalue weighted by molar-refractivity contribution is 0.0332. The normalized spacial score (nSPS) is 14.1. The molecular formula is C15H22O2. The van der Waals surface area contributed by atoms with Crippen LogP contribution in [0, 0.1) is 0 Å². The van der Waals surface area contributed by atoms with E-state index in [2.05, 4.69) is 13.8 Å². The van der Waals surface area contributed by atoms with Crippen LogP contribution in [0.4, 0.5) is 0 Å². The molecule has 1 rings (SSSR count). The van der Waals surface area contributed by atoms with Gasteiger partial charge in [-0.2, -0.15) is 0 Å². The van der Waals surface area contributed by atoms with Crippen molar-refractivity contribution in [2.75, 3.05) is 0 Å². The molecule has 0 saturated carbocycles. The van der Waals surface area contributed by atoms with Crippen molar-refractivity contribution in [1.29, 1.82) is 0 Å². The van der Waals surface area contributed by atoms with Gasteiger partial charge < -0.3 is 4.74 Å². The molecule has 1 aromatic carbocycles. The molecule has 0 spiro atoms. The van der Waals surface area contributed by atoms with Crippen molar-refractivity contribution in [3.05, 3.63) is 35.4 Å². The Morgan fingerprint density at radius 1 is 1.18 bits per heavy atom. The van der Waals surface area contributed by atoms with Gasteiger partial charge in [-0.3, -0.25) is 0 Å². The van der Waals surface area contributed by atoms with E-state index in [9.17, 15) is 4.79 Å². The largest absolute Gasteiger partial charge is 0.459 e. The summed E-state index contributed by atoms with van der Waals surface area (Å²) in [5.41, 5.74) is 1.80. The average Bonchev–Trinajstić information content (AvgIpc) is 2.37. The summed E-state index contributed by atoms with van der Waals surface area (Å²) in [6.45, 7) is 8.19. The average molecular weight is 234 g/mol. The fraction of sp³-hybridized carbons (Fsp3) is 0.533. The van der Waals surface area contributed by atoms with Crippen LogP contribution in [0.1, 0.15) is 62.4 Å². The molecule has 0 heterocycles. The highest BCUT2D eigenvalue weighted by molar-refractivity contribution is 5.91. The highest BCUT2D eigenvalue weighted by Crippen LogP contribution is 2.23. The Morgan fingerprint density at radius 2 is 1.82 bits per heavy atom. The van der Waals surface area contributed by atoms with Crippen LogP contribution in [0.5, 0.6) is 0 Å². The van der Waals surface area contributed by atoms with Crippen molar-refractivity contribution in [3.8, 4) is 0 Å². The SMILES string of the molecule is CCC(C)OC(=O)c1ccccc1C(C)CC. The van der Waals surface area contributed by atoms with Crippen LogP contribution in [0.25, 0.3) is 0 Å². The first-order valence-electron chi connectivity index (χ1n) is 6.40. The molecule has 2 atom stereocenters. The number of hydrogen-bond acceptors (Lipinski definition) is 2. The van der Waals surface area contributed by atoms with Crippen molar-refractivity contribution < 1.29 is 9.53 Å². The summed E-state index contributed by atoms with van der Waals surface area (Å²) >= 11 is 0. The van der Waals surface area contributed by atoms with Crippen LogP contribution >= 0.6 is 0 Å². The molecule has 94 valence electrons. The monoisotopic (exact) mass is 234 g/mol. The maximum absolute atomic E-state index is 12.0. The van der Waals surface area contributed by atoms with E-state index in [4.69, 9.17) is 4.74 Å². The van der Waals surface area contributed by atoms with E-state index in [0.717, 1.165) is 18.4 Å². The highest BCUT2D eigenvalue weighted by Gasteiger charge is 2.17. The van der Waals surface area contributed by atoms with Gasteiger partial charge in [-0.1, -0.05) is 39.0 Å². The van der Waals surface area contributed by atoms with Crippen LogP contribution in [-0.4, -0.2) is 12.1 Å². The Labute approximate surface area is 104 Å². The maximum Gasteiger partial charge on any atom is 0.338 e. The van der Waals surface area contributed by atoms with Gasteiger partial charge in [0.2, 0.25) is 0 Å². The zero-order valence-corrected chi connectivity index (χ0v) is 11.2. The molecule has 0 aliphatic carbocycles.